The minimum atomic E-state index is -2.05. The van der Waals surface area contributed by atoms with E-state index in [2.05, 4.69) is 0 Å². The number of hydrogen-bond donors (Lipinski definition) is 0. The van der Waals surface area contributed by atoms with Crippen molar-refractivity contribution < 1.29 is 17.6 Å². The third-order valence-corrected chi connectivity index (χ3v) is 4.78. The maximum atomic E-state index is 11.7. The van der Waals surface area contributed by atoms with E-state index in [1.165, 1.54) is 0 Å². The fourth-order valence-corrected chi connectivity index (χ4v) is 3.21. The van der Waals surface area contributed by atoms with Gasteiger partial charge >= 0.3 is 0 Å². The van der Waals surface area contributed by atoms with Crippen LogP contribution in [0.15, 0.2) is 0 Å². The second-order valence-electron chi connectivity index (χ2n) is 3.48. The summed E-state index contributed by atoms with van der Waals surface area (Å²) in [5.41, 5.74) is 0. The average Bonchev–Trinajstić information content (AvgIpc) is 2.08. The van der Waals surface area contributed by atoms with E-state index in [0.717, 1.165) is 25.7 Å². The predicted molar refractivity (Wildman–Crippen MR) is 57.2 cm³/mol. The van der Waals surface area contributed by atoms with Gasteiger partial charge in [-0.1, -0.05) is 37.8 Å². The number of alkyl halides is 4. The third-order valence-electron chi connectivity index (χ3n) is 2.09. The fourth-order valence-electron chi connectivity index (χ4n) is 1.30. The van der Waals surface area contributed by atoms with Gasteiger partial charge < -0.3 is 0 Å². The molecule has 0 heterocycles. The first-order valence-electron chi connectivity index (χ1n) is 5.19. The molecular weight excluding hydrogens is 228 g/mol. The van der Waals surface area contributed by atoms with Crippen LogP contribution >= 0.6 is 0 Å². The molecule has 0 bridgehead atoms. The molecule has 0 saturated heterocycles. The summed E-state index contributed by atoms with van der Waals surface area (Å²) in [4.78, 5) is 0. The smallest absolute Gasteiger partial charge is 0.214 e. The lowest BCUT2D eigenvalue weighted by molar-refractivity contribution is 0.236. The van der Waals surface area contributed by atoms with Crippen molar-refractivity contribution in [3.05, 3.63) is 0 Å². The molecule has 0 rings (SSSR count). The van der Waals surface area contributed by atoms with E-state index in [-0.39, 0.29) is 0 Å². The fraction of sp³-hybridized carbons (Fsp3) is 1.00. The highest BCUT2D eigenvalue weighted by molar-refractivity contribution is 6.36. The van der Waals surface area contributed by atoms with Gasteiger partial charge in [-0.2, -0.15) is 0 Å². The summed E-state index contributed by atoms with van der Waals surface area (Å²) in [6.07, 6.45) is 3.62. The Kier molecular flexibility index (Phi) is 9.81. The Morgan fingerprint density at radius 2 is 1.00 bits per heavy atom. The highest BCUT2D eigenvalue weighted by Crippen LogP contribution is 2.08. The predicted octanol–water partition coefficient (Wildman–Crippen LogP) is 2.17. The Morgan fingerprint density at radius 1 is 0.643 bits per heavy atom. The number of halogens is 4. The number of hydrogen-bond acceptors (Lipinski definition) is 0. The van der Waals surface area contributed by atoms with Gasteiger partial charge in [-0.25, -0.2) is 17.6 Å². The quantitative estimate of drug-likeness (QED) is 0.332. The van der Waals surface area contributed by atoms with Gasteiger partial charge in [0.15, 0.2) is 0 Å². The van der Waals surface area contributed by atoms with Crippen LogP contribution in [0.2, 0.25) is 12.1 Å². The number of unbranched alkanes of at least 4 members (excludes halogenated alkanes) is 3. The van der Waals surface area contributed by atoms with E-state index < -0.39 is 31.1 Å². The first kappa shape index (κ1) is 14.2. The maximum Gasteiger partial charge on any atom is 0.214 e. The molecule has 6 heteroatoms. The molecular formula is C8H18F4Si2. The van der Waals surface area contributed by atoms with Gasteiger partial charge in [0.25, 0.3) is 0 Å². The van der Waals surface area contributed by atoms with Crippen LogP contribution in [0.5, 0.6) is 0 Å². The lowest BCUT2D eigenvalue weighted by Gasteiger charge is -2.00. The van der Waals surface area contributed by atoms with Crippen molar-refractivity contribution in [1.29, 1.82) is 0 Å². The van der Waals surface area contributed by atoms with Crippen LogP contribution < -0.4 is 0 Å². The van der Waals surface area contributed by atoms with Crippen molar-refractivity contribution in [3.63, 3.8) is 0 Å². The highest BCUT2D eigenvalue weighted by Gasteiger charge is 2.03. The Bertz CT molecular complexity index is 108. The van der Waals surface area contributed by atoms with Crippen LogP contribution in [-0.2, 0) is 0 Å². The van der Waals surface area contributed by atoms with Crippen molar-refractivity contribution in [2.75, 3.05) is 0 Å². The molecule has 0 aromatic rings. The van der Waals surface area contributed by atoms with Gasteiger partial charge in [0.1, 0.15) is 19.0 Å². The Balaban J connectivity index is 2.92. The van der Waals surface area contributed by atoms with Crippen LogP contribution in [0.1, 0.15) is 25.7 Å². The van der Waals surface area contributed by atoms with Crippen molar-refractivity contribution >= 4 is 19.0 Å². The standard InChI is InChI=1S/C8H18F4Si2/c9-7(10)13-5-3-1-2-4-6-14-8(11)12/h7-8H,1-6,13-14H2. The molecule has 0 aromatic heterocycles. The molecule has 0 nitrogen and oxygen atoms in total. The average molecular weight is 246 g/mol. The molecule has 0 N–H and O–H groups in total. The molecule has 0 amide bonds. The number of rotatable bonds is 9. The van der Waals surface area contributed by atoms with Gasteiger partial charge in [0.05, 0.1) is 0 Å². The molecule has 0 atom stereocenters. The molecule has 0 spiro atoms. The molecule has 0 aromatic carbocycles. The molecule has 0 radical (unpaired) electrons. The molecule has 0 fully saturated rings. The molecule has 0 unspecified atom stereocenters. The van der Waals surface area contributed by atoms with E-state index in [4.69, 9.17) is 0 Å². The summed E-state index contributed by atoms with van der Waals surface area (Å²) in [7, 11) is -2.30. The molecule has 14 heavy (non-hydrogen) atoms. The van der Waals surface area contributed by atoms with E-state index in [9.17, 15) is 17.6 Å². The lowest BCUT2D eigenvalue weighted by atomic mass is 10.2. The van der Waals surface area contributed by atoms with Crippen molar-refractivity contribution in [2.24, 2.45) is 0 Å². The van der Waals surface area contributed by atoms with Crippen LogP contribution in [0, 0.1) is 0 Å². The van der Waals surface area contributed by atoms with Crippen LogP contribution in [0.25, 0.3) is 0 Å². The zero-order valence-corrected chi connectivity index (χ0v) is 11.2. The van der Waals surface area contributed by atoms with E-state index in [0.29, 0.717) is 12.1 Å². The van der Waals surface area contributed by atoms with Crippen molar-refractivity contribution in [1.82, 2.24) is 0 Å². The summed E-state index contributed by atoms with van der Waals surface area (Å²) in [6.45, 7) is 0. The van der Waals surface area contributed by atoms with E-state index in [1.807, 2.05) is 0 Å². The van der Waals surface area contributed by atoms with Crippen LogP contribution in [0.3, 0.4) is 0 Å². The van der Waals surface area contributed by atoms with Gasteiger partial charge in [-0.3, -0.25) is 0 Å². The summed E-state index contributed by atoms with van der Waals surface area (Å²) in [6, 6.07) is -2.71. The zero-order valence-electron chi connectivity index (χ0n) is 8.32. The van der Waals surface area contributed by atoms with E-state index >= 15 is 0 Å². The topological polar surface area (TPSA) is 0 Å². The highest BCUT2D eigenvalue weighted by atomic mass is 28.2. The van der Waals surface area contributed by atoms with Crippen LogP contribution in [-0.4, -0.2) is 31.1 Å². The Hall–Kier alpha value is 0.154. The molecule has 0 aliphatic carbocycles. The largest absolute Gasteiger partial charge is 0.216 e. The van der Waals surface area contributed by atoms with Crippen LogP contribution in [0.4, 0.5) is 17.6 Å². The molecule has 86 valence electrons. The minimum absolute atomic E-state index is 0.698. The molecule has 0 saturated carbocycles. The van der Waals surface area contributed by atoms with Gasteiger partial charge in [0.2, 0.25) is 12.1 Å². The first-order valence-corrected chi connectivity index (χ1v) is 8.82. The second kappa shape index (κ2) is 9.70. The van der Waals surface area contributed by atoms with Crippen molar-refractivity contribution in [2.45, 2.75) is 49.9 Å². The van der Waals surface area contributed by atoms with E-state index in [1.54, 1.807) is 0 Å². The summed E-state index contributed by atoms with van der Waals surface area (Å²) in [5.74, 6) is 0. The Labute approximate surface area is 87.1 Å². The maximum absolute atomic E-state index is 11.7. The summed E-state index contributed by atoms with van der Waals surface area (Å²) < 4.78 is 47.0. The zero-order chi connectivity index (χ0) is 10.8. The van der Waals surface area contributed by atoms with Gasteiger partial charge in [0, 0.05) is 0 Å². The molecule has 0 aliphatic rings. The third kappa shape index (κ3) is 12.2. The SMILES string of the molecule is FC(F)[SiH2]CCCCCC[SiH2]C(F)F. The minimum Gasteiger partial charge on any atom is -0.216 e. The monoisotopic (exact) mass is 246 g/mol. The van der Waals surface area contributed by atoms with Gasteiger partial charge in [-0.05, 0) is 0 Å². The van der Waals surface area contributed by atoms with Crippen molar-refractivity contribution in [3.8, 4) is 0 Å². The normalized spacial score (nSPS) is 13.3. The molecule has 0 aliphatic heterocycles. The van der Waals surface area contributed by atoms with Gasteiger partial charge in [-0.15, -0.1) is 0 Å². The second-order valence-corrected chi connectivity index (χ2v) is 7.28. The first-order chi connectivity index (χ1) is 6.63. The summed E-state index contributed by atoms with van der Waals surface area (Å²) >= 11 is 0. The lowest BCUT2D eigenvalue weighted by Crippen LogP contribution is -2.03. The summed E-state index contributed by atoms with van der Waals surface area (Å²) in [5, 5.41) is 0. The Morgan fingerprint density at radius 3 is 1.29 bits per heavy atom.